The third-order valence-electron chi connectivity index (χ3n) is 4.55. The van der Waals surface area contributed by atoms with Crippen LogP contribution in [0.25, 0.3) is 0 Å². The number of nitrogens with one attached hydrogen (secondary N) is 1. The van der Waals surface area contributed by atoms with Gasteiger partial charge in [-0.25, -0.2) is 8.42 Å². The van der Waals surface area contributed by atoms with Crippen LogP contribution < -0.4 is 9.62 Å². The Balaban J connectivity index is 2.13. The number of hydrogen-bond acceptors (Lipinski definition) is 3. The lowest BCUT2D eigenvalue weighted by Crippen LogP contribution is -2.41. The fraction of sp³-hybridized carbons (Fsp3) is 0.381. The largest absolute Gasteiger partial charge is 0.348 e. The average Bonchev–Trinajstić information content (AvgIpc) is 2.59. The normalized spacial score (nSPS) is 12.7. The average molecular weight is 389 g/mol. The van der Waals surface area contributed by atoms with Crippen LogP contribution in [0.15, 0.2) is 48.5 Å². The maximum absolute atomic E-state index is 12.5. The van der Waals surface area contributed by atoms with E-state index in [1.165, 1.54) is 5.56 Å². The van der Waals surface area contributed by atoms with E-state index in [4.69, 9.17) is 0 Å². The number of carbonyl (C=O) groups is 1. The van der Waals surface area contributed by atoms with Crippen molar-refractivity contribution in [3.05, 3.63) is 65.2 Å². The molecule has 0 aliphatic heterocycles. The van der Waals surface area contributed by atoms with Crippen LogP contribution >= 0.6 is 0 Å². The quantitative estimate of drug-likeness (QED) is 0.785. The molecule has 0 fully saturated rings. The summed E-state index contributed by atoms with van der Waals surface area (Å²) in [5.74, 6) is 0.102. The maximum Gasteiger partial charge on any atom is 0.241 e. The van der Waals surface area contributed by atoms with Gasteiger partial charge in [-0.3, -0.25) is 9.10 Å². The van der Waals surface area contributed by atoms with Gasteiger partial charge in [0.15, 0.2) is 0 Å². The summed E-state index contributed by atoms with van der Waals surface area (Å²) in [5.41, 5.74) is 3.53. The first-order valence-corrected chi connectivity index (χ1v) is 10.9. The number of para-hydroxylation sites is 1. The van der Waals surface area contributed by atoms with Crippen molar-refractivity contribution in [2.45, 2.75) is 39.7 Å². The van der Waals surface area contributed by atoms with E-state index in [1.807, 2.05) is 38.1 Å². The molecule has 0 unspecified atom stereocenters. The van der Waals surface area contributed by atoms with Gasteiger partial charge in [-0.15, -0.1) is 0 Å². The van der Waals surface area contributed by atoms with Gasteiger partial charge < -0.3 is 5.32 Å². The summed E-state index contributed by atoms with van der Waals surface area (Å²) < 4.78 is 25.6. The van der Waals surface area contributed by atoms with Gasteiger partial charge in [0.2, 0.25) is 15.9 Å². The lowest BCUT2D eigenvalue weighted by atomic mass is 9.99. The number of rotatable bonds is 7. The molecule has 0 aliphatic carbocycles. The number of sulfonamides is 1. The molecular formula is C21H28N2O3S. The molecule has 6 heteroatoms. The van der Waals surface area contributed by atoms with Gasteiger partial charge in [-0.05, 0) is 42.5 Å². The summed E-state index contributed by atoms with van der Waals surface area (Å²) in [6.07, 6.45) is 1.11. The van der Waals surface area contributed by atoms with Crippen LogP contribution in [0.1, 0.15) is 49.4 Å². The number of nitrogens with zero attached hydrogens (tertiary/aromatic N) is 1. The highest BCUT2D eigenvalue weighted by Crippen LogP contribution is 2.22. The van der Waals surface area contributed by atoms with Crippen LogP contribution in [0.3, 0.4) is 0 Å². The molecule has 0 bridgehead atoms. The third-order valence-corrected chi connectivity index (χ3v) is 5.68. The molecule has 2 rings (SSSR count). The van der Waals surface area contributed by atoms with Crippen molar-refractivity contribution in [1.82, 2.24) is 5.32 Å². The van der Waals surface area contributed by atoms with E-state index in [0.29, 0.717) is 11.6 Å². The zero-order valence-electron chi connectivity index (χ0n) is 16.6. The molecule has 0 saturated heterocycles. The van der Waals surface area contributed by atoms with Crippen molar-refractivity contribution in [3.63, 3.8) is 0 Å². The monoisotopic (exact) mass is 388 g/mol. The molecule has 0 spiro atoms. The third kappa shape index (κ3) is 5.57. The number of hydrogen-bond donors (Lipinski definition) is 1. The van der Waals surface area contributed by atoms with E-state index in [1.54, 1.807) is 12.1 Å². The van der Waals surface area contributed by atoms with Crippen molar-refractivity contribution >= 4 is 21.6 Å². The molecule has 0 aromatic heterocycles. The molecular weight excluding hydrogens is 360 g/mol. The standard InChI is InChI=1S/C21H28N2O3S/c1-15(2)18-10-12-19(13-11-18)17(4)22-21(24)14-23(27(5,25)26)20-9-7-6-8-16(20)3/h6-13,15,17H,14H2,1-5H3,(H,22,24)/t17-/m1/s1. The van der Waals surface area contributed by atoms with E-state index < -0.39 is 10.0 Å². The van der Waals surface area contributed by atoms with Crippen molar-refractivity contribution in [2.24, 2.45) is 0 Å². The topological polar surface area (TPSA) is 66.5 Å². The molecule has 1 amide bonds. The van der Waals surface area contributed by atoms with E-state index >= 15 is 0 Å². The van der Waals surface area contributed by atoms with Crippen LogP contribution in [-0.2, 0) is 14.8 Å². The Kier molecular flexibility index (Phi) is 6.65. The van der Waals surface area contributed by atoms with Crippen molar-refractivity contribution in [1.29, 1.82) is 0 Å². The minimum atomic E-state index is -3.58. The fourth-order valence-electron chi connectivity index (χ4n) is 2.89. The predicted octanol–water partition coefficient (Wildman–Crippen LogP) is 3.76. The number of benzene rings is 2. The zero-order valence-corrected chi connectivity index (χ0v) is 17.4. The van der Waals surface area contributed by atoms with Crippen molar-refractivity contribution in [3.8, 4) is 0 Å². The second-order valence-electron chi connectivity index (χ2n) is 7.17. The molecule has 0 heterocycles. The van der Waals surface area contributed by atoms with Gasteiger partial charge in [0.05, 0.1) is 18.0 Å². The first kappa shape index (κ1) is 21.0. The lowest BCUT2D eigenvalue weighted by Gasteiger charge is -2.24. The van der Waals surface area contributed by atoms with Crippen LogP contribution in [0.2, 0.25) is 0 Å². The summed E-state index contributed by atoms with van der Waals surface area (Å²) in [6.45, 7) is 7.72. The fourth-order valence-corrected chi connectivity index (χ4v) is 3.81. The Morgan fingerprint density at radius 3 is 2.07 bits per heavy atom. The maximum atomic E-state index is 12.5. The highest BCUT2D eigenvalue weighted by molar-refractivity contribution is 7.92. The Hall–Kier alpha value is -2.34. The molecule has 146 valence electrons. The van der Waals surface area contributed by atoms with Crippen LogP contribution in [0, 0.1) is 6.92 Å². The number of anilines is 1. The van der Waals surface area contributed by atoms with Gasteiger partial charge in [-0.2, -0.15) is 0 Å². The van der Waals surface area contributed by atoms with Crippen LogP contribution in [0.5, 0.6) is 0 Å². The highest BCUT2D eigenvalue weighted by atomic mass is 32.2. The molecule has 0 saturated carbocycles. The zero-order chi connectivity index (χ0) is 20.2. The number of carbonyl (C=O) groups excluding carboxylic acids is 1. The molecule has 2 aromatic rings. The van der Waals surface area contributed by atoms with E-state index in [9.17, 15) is 13.2 Å². The summed E-state index contributed by atoms with van der Waals surface area (Å²) in [5, 5.41) is 2.89. The molecule has 5 nitrogen and oxygen atoms in total. The molecule has 1 atom stereocenters. The van der Waals surface area contributed by atoms with Crippen LogP contribution in [0.4, 0.5) is 5.69 Å². The minimum Gasteiger partial charge on any atom is -0.348 e. The molecule has 1 N–H and O–H groups in total. The summed E-state index contributed by atoms with van der Waals surface area (Å²) >= 11 is 0. The first-order chi connectivity index (χ1) is 12.6. The molecule has 27 heavy (non-hydrogen) atoms. The Labute approximate surface area is 162 Å². The SMILES string of the molecule is Cc1ccccc1N(CC(=O)N[C@H](C)c1ccc(C(C)C)cc1)S(C)(=O)=O. The Morgan fingerprint density at radius 2 is 1.56 bits per heavy atom. The van der Waals surface area contributed by atoms with Crippen molar-refractivity contribution in [2.75, 3.05) is 17.1 Å². The minimum absolute atomic E-state index is 0.211. The lowest BCUT2D eigenvalue weighted by molar-refractivity contribution is -0.120. The Morgan fingerprint density at radius 1 is 1.00 bits per heavy atom. The van der Waals surface area contributed by atoms with Gasteiger partial charge in [-0.1, -0.05) is 56.3 Å². The van der Waals surface area contributed by atoms with E-state index in [2.05, 4.69) is 31.3 Å². The number of aryl methyl sites for hydroxylation is 1. The predicted molar refractivity (Wildman–Crippen MR) is 110 cm³/mol. The molecule has 2 aromatic carbocycles. The highest BCUT2D eigenvalue weighted by Gasteiger charge is 2.23. The number of amides is 1. The summed E-state index contributed by atoms with van der Waals surface area (Å²) in [6, 6.07) is 15.0. The summed E-state index contributed by atoms with van der Waals surface area (Å²) in [4.78, 5) is 12.5. The van der Waals surface area contributed by atoms with Gasteiger partial charge in [0.25, 0.3) is 0 Å². The van der Waals surface area contributed by atoms with Crippen molar-refractivity contribution < 1.29 is 13.2 Å². The molecule has 0 aliphatic rings. The molecule has 0 radical (unpaired) electrons. The second kappa shape index (κ2) is 8.57. The van der Waals surface area contributed by atoms with Gasteiger partial charge in [0, 0.05) is 0 Å². The first-order valence-electron chi connectivity index (χ1n) is 9.02. The van der Waals surface area contributed by atoms with E-state index in [-0.39, 0.29) is 18.5 Å². The smallest absolute Gasteiger partial charge is 0.241 e. The van der Waals surface area contributed by atoms with Gasteiger partial charge in [0.1, 0.15) is 6.54 Å². The van der Waals surface area contributed by atoms with Gasteiger partial charge >= 0.3 is 0 Å². The van der Waals surface area contributed by atoms with E-state index in [0.717, 1.165) is 21.7 Å². The Bertz CT molecular complexity index is 890. The summed E-state index contributed by atoms with van der Waals surface area (Å²) in [7, 11) is -3.58. The van der Waals surface area contributed by atoms with Crippen LogP contribution in [-0.4, -0.2) is 27.1 Å². The second-order valence-corrected chi connectivity index (χ2v) is 9.07.